The second kappa shape index (κ2) is 6.98. The van der Waals surface area contributed by atoms with E-state index in [1.165, 1.54) is 4.57 Å². The first kappa shape index (κ1) is 17.5. The molecule has 1 aromatic heterocycles. The maximum absolute atomic E-state index is 13.3. The Bertz CT molecular complexity index is 1060. The van der Waals surface area contributed by atoms with Gasteiger partial charge in [-0.3, -0.25) is 14.3 Å². The van der Waals surface area contributed by atoms with Crippen molar-refractivity contribution in [3.8, 4) is 5.69 Å². The van der Waals surface area contributed by atoms with Gasteiger partial charge in [-0.25, -0.2) is 4.79 Å². The van der Waals surface area contributed by atoms with Crippen LogP contribution in [0.1, 0.15) is 22.5 Å². The normalized spacial score (nSPS) is 17.4. The zero-order valence-electron chi connectivity index (χ0n) is 14.7. The van der Waals surface area contributed by atoms with Crippen LogP contribution in [-0.4, -0.2) is 44.8 Å². The number of carboxylic acid groups (broad SMARTS) is 1. The molecular weight excluding hydrogens is 344 g/mol. The highest BCUT2D eigenvalue weighted by Gasteiger charge is 2.27. The second-order valence-corrected chi connectivity index (χ2v) is 6.83. The van der Waals surface area contributed by atoms with E-state index in [4.69, 9.17) is 0 Å². The van der Waals surface area contributed by atoms with Gasteiger partial charge in [-0.2, -0.15) is 0 Å². The van der Waals surface area contributed by atoms with Crippen LogP contribution >= 0.6 is 0 Å². The van der Waals surface area contributed by atoms with Crippen molar-refractivity contribution in [2.75, 3.05) is 13.1 Å². The van der Waals surface area contributed by atoms with Crippen LogP contribution in [0, 0.1) is 0 Å². The number of rotatable bonds is 4. The molecule has 1 atom stereocenters. The van der Waals surface area contributed by atoms with Crippen molar-refractivity contribution in [2.24, 2.45) is 0 Å². The maximum atomic E-state index is 13.3. The van der Waals surface area contributed by atoms with Gasteiger partial charge in [0.1, 0.15) is 0 Å². The first-order chi connectivity index (χ1) is 13.1. The van der Waals surface area contributed by atoms with E-state index >= 15 is 0 Å². The number of aliphatic hydroxyl groups excluding tert-OH is 1. The van der Waals surface area contributed by atoms with E-state index in [-0.39, 0.29) is 17.7 Å². The lowest BCUT2D eigenvalue weighted by molar-refractivity contribution is 0.0695. The number of nitrogens with zero attached hydrogens (tertiary/aromatic N) is 2. The Labute approximate surface area is 155 Å². The van der Waals surface area contributed by atoms with Crippen LogP contribution in [0.5, 0.6) is 0 Å². The summed E-state index contributed by atoms with van der Waals surface area (Å²) in [5.74, 6) is -1.06. The van der Waals surface area contributed by atoms with E-state index < -0.39 is 12.1 Å². The van der Waals surface area contributed by atoms with Gasteiger partial charge in [0.15, 0.2) is 0 Å². The minimum Gasteiger partial charge on any atom is -0.478 e. The lowest BCUT2D eigenvalue weighted by Crippen LogP contribution is -2.31. The van der Waals surface area contributed by atoms with Crippen molar-refractivity contribution < 1.29 is 15.0 Å². The number of likely N-dealkylation sites (tertiary alicyclic amines) is 1. The van der Waals surface area contributed by atoms with Crippen molar-refractivity contribution in [2.45, 2.75) is 19.1 Å². The topological polar surface area (TPSA) is 82.8 Å². The molecule has 6 nitrogen and oxygen atoms in total. The van der Waals surface area contributed by atoms with Crippen molar-refractivity contribution in [1.82, 2.24) is 9.47 Å². The number of carbonyl (C=O) groups is 1. The molecule has 0 radical (unpaired) electrons. The summed E-state index contributed by atoms with van der Waals surface area (Å²) in [4.78, 5) is 27.4. The molecule has 0 saturated carbocycles. The molecular formula is C21H20N2O4. The zero-order chi connectivity index (χ0) is 19.0. The molecule has 2 heterocycles. The number of pyridine rings is 1. The number of β-amino-alcohol motifs (C(OH)–C–C–N with tert-alkyl or cyclic N) is 1. The quantitative estimate of drug-likeness (QED) is 0.742. The molecule has 0 spiro atoms. The summed E-state index contributed by atoms with van der Waals surface area (Å²) in [7, 11) is 0. The van der Waals surface area contributed by atoms with Gasteiger partial charge >= 0.3 is 5.97 Å². The highest BCUT2D eigenvalue weighted by molar-refractivity contribution is 6.04. The Hall–Kier alpha value is -2.96. The summed E-state index contributed by atoms with van der Waals surface area (Å²) in [6.07, 6.45) is 0.224. The van der Waals surface area contributed by atoms with Gasteiger partial charge in [-0.05, 0) is 24.6 Å². The standard InChI is InChI=1S/C21H20N2O4/c24-15-10-11-22(12-15)13-18-19(21(26)27)16-8-4-5-9-17(16)20(25)23(18)14-6-2-1-3-7-14/h1-9,15,24H,10-13H2,(H,26,27)/t15-/m0/s1. The van der Waals surface area contributed by atoms with Gasteiger partial charge in [0.25, 0.3) is 5.56 Å². The number of aromatic carboxylic acids is 1. The number of hydrogen-bond donors (Lipinski definition) is 2. The molecule has 1 aliphatic heterocycles. The molecule has 0 amide bonds. The molecule has 0 unspecified atom stereocenters. The SMILES string of the molecule is O=C(O)c1c(CN2CC[C@H](O)C2)n(-c2ccccc2)c(=O)c2ccccc12. The maximum Gasteiger partial charge on any atom is 0.338 e. The lowest BCUT2D eigenvalue weighted by atomic mass is 10.0. The van der Waals surface area contributed by atoms with E-state index in [0.29, 0.717) is 41.7 Å². The Kier molecular flexibility index (Phi) is 4.51. The van der Waals surface area contributed by atoms with Crippen LogP contribution in [0.15, 0.2) is 59.4 Å². The van der Waals surface area contributed by atoms with Crippen molar-refractivity contribution in [3.05, 3.63) is 76.2 Å². The Morgan fingerprint density at radius 2 is 1.70 bits per heavy atom. The number of benzene rings is 2. The van der Waals surface area contributed by atoms with Gasteiger partial charge in [-0.15, -0.1) is 0 Å². The van der Waals surface area contributed by atoms with Crippen LogP contribution in [0.2, 0.25) is 0 Å². The molecule has 4 rings (SSSR count). The van der Waals surface area contributed by atoms with E-state index in [0.717, 1.165) is 0 Å². The highest BCUT2D eigenvalue weighted by atomic mass is 16.4. The van der Waals surface area contributed by atoms with Gasteiger partial charge in [-0.1, -0.05) is 36.4 Å². The number of aromatic nitrogens is 1. The van der Waals surface area contributed by atoms with Crippen LogP contribution < -0.4 is 5.56 Å². The van der Waals surface area contributed by atoms with E-state index in [2.05, 4.69) is 0 Å². The fraction of sp³-hybridized carbons (Fsp3) is 0.238. The molecule has 1 saturated heterocycles. The third-order valence-corrected chi connectivity index (χ3v) is 5.04. The number of para-hydroxylation sites is 1. The van der Waals surface area contributed by atoms with Crippen molar-refractivity contribution in [3.63, 3.8) is 0 Å². The lowest BCUT2D eigenvalue weighted by Gasteiger charge is -2.22. The average molecular weight is 364 g/mol. The molecule has 138 valence electrons. The summed E-state index contributed by atoms with van der Waals surface area (Å²) in [5.41, 5.74) is 0.962. The monoisotopic (exact) mass is 364 g/mol. The first-order valence-corrected chi connectivity index (χ1v) is 8.92. The minimum absolute atomic E-state index is 0.135. The fourth-order valence-electron chi connectivity index (χ4n) is 3.80. The molecule has 27 heavy (non-hydrogen) atoms. The molecule has 6 heteroatoms. The molecule has 3 aromatic rings. The largest absolute Gasteiger partial charge is 0.478 e. The van der Waals surface area contributed by atoms with Crippen LogP contribution in [0.4, 0.5) is 0 Å². The minimum atomic E-state index is -1.06. The summed E-state index contributed by atoms with van der Waals surface area (Å²) < 4.78 is 1.50. The predicted octanol–water partition coefficient (Wildman–Crippen LogP) is 2.26. The zero-order valence-corrected chi connectivity index (χ0v) is 14.7. The second-order valence-electron chi connectivity index (χ2n) is 6.83. The summed E-state index contributed by atoms with van der Waals surface area (Å²) in [6, 6.07) is 15.9. The highest BCUT2D eigenvalue weighted by Crippen LogP contribution is 2.25. The number of aliphatic hydroxyl groups is 1. The van der Waals surface area contributed by atoms with Crippen molar-refractivity contribution >= 4 is 16.7 Å². The number of carboxylic acids is 1. The first-order valence-electron chi connectivity index (χ1n) is 8.92. The number of fused-ring (bicyclic) bond motifs is 1. The summed E-state index contributed by atoms with van der Waals surface area (Å²) >= 11 is 0. The molecule has 1 fully saturated rings. The smallest absolute Gasteiger partial charge is 0.338 e. The van der Waals surface area contributed by atoms with Crippen LogP contribution in [-0.2, 0) is 6.54 Å². The molecule has 1 aliphatic rings. The molecule has 2 N–H and O–H groups in total. The summed E-state index contributed by atoms with van der Waals surface area (Å²) in [5, 5.41) is 20.6. The molecule has 2 aromatic carbocycles. The van der Waals surface area contributed by atoms with Crippen LogP contribution in [0.3, 0.4) is 0 Å². The van der Waals surface area contributed by atoms with E-state index in [1.54, 1.807) is 36.4 Å². The Morgan fingerprint density at radius 1 is 1.04 bits per heavy atom. The Morgan fingerprint density at radius 3 is 2.33 bits per heavy atom. The molecule has 0 aliphatic carbocycles. The predicted molar refractivity (Wildman–Crippen MR) is 102 cm³/mol. The Balaban J connectivity index is 2.03. The third-order valence-electron chi connectivity index (χ3n) is 5.04. The van der Waals surface area contributed by atoms with Crippen LogP contribution in [0.25, 0.3) is 16.5 Å². The fourth-order valence-corrected chi connectivity index (χ4v) is 3.80. The number of hydrogen-bond acceptors (Lipinski definition) is 4. The molecule has 0 bridgehead atoms. The van der Waals surface area contributed by atoms with Gasteiger partial charge < -0.3 is 10.2 Å². The van der Waals surface area contributed by atoms with Gasteiger partial charge in [0.05, 0.1) is 17.4 Å². The summed E-state index contributed by atoms with van der Waals surface area (Å²) in [6.45, 7) is 1.42. The third kappa shape index (κ3) is 3.13. The van der Waals surface area contributed by atoms with E-state index in [9.17, 15) is 19.8 Å². The van der Waals surface area contributed by atoms with Crippen molar-refractivity contribution in [1.29, 1.82) is 0 Å². The van der Waals surface area contributed by atoms with Gasteiger partial charge in [0.2, 0.25) is 0 Å². The van der Waals surface area contributed by atoms with E-state index in [1.807, 2.05) is 23.1 Å². The van der Waals surface area contributed by atoms with Gasteiger partial charge in [0, 0.05) is 36.1 Å². The average Bonchev–Trinajstić information content (AvgIpc) is 3.07.